The number of hydrogen-bond acceptors (Lipinski definition) is 10. The zero-order valence-corrected chi connectivity index (χ0v) is 17.2. The van der Waals surface area contributed by atoms with Crippen molar-refractivity contribution in [1.29, 1.82) is 0 Å². The van der Waals surface area contributed by atoms with E-state index in [1.165, 1.54) is 0 Å². The average Bonchev–Trinajstić information content (AvgIpc) is 3.05. The van der Waals surface area contributed by atoms with Crippen molar-refractivity contribution in [3.05, 3.63) is 6.33 Å². The van der Waals surface area contributed by atoms with Gasteiger partial charge in [-0.15, -0.1) is 0 Å². The zero-order chi connectivity index (χ0) is 21.5. The molecule has 1 spiro atoms. The van der Waals surface area contributed by atoms with Crippen LogP contribution in [-0.4, -0.2) is 80.2 Å². The van der Waals surface area contributed by atoms with Gasteiger partial charge in [-0.3, -0.25) is 7.91 Å². The molecule has 4 unspecified atom stereocenters. The molecule has 0 radical (unpaired) electrons. The van der Waals surface area contributed by atoms with E-state index in [0.29, 0.717) is 18.8 Å². The van der Waals surface area contributed by atoms with Crippen LogP contribution in [0.5, 0.6) is 0 Å². The van der Waals surface area contributed by atoms with Crippen LogP contribution in [0.25, 0.3) is 0 Å². The predicted octanol–water partition coefficient (Wildman–Crippen LogP) is -0.205. The molecule has 5 atom stereocenters. The minimum Gasteiger partial charge on any atom is -0.394 e. The van der Waals surface area contributed by atoms with Crippen LogP contribution in [0.15, 0.2) is 9.47 Å². The minimum absolute atomic E-state index is 0.0152. The number of fused-ring (bicyclic) bond motifs is 1. The number of aromatic nitrogens is 2. The summed E-state index contributed by atoms with van der Waals surface area (Å²) in [5.74, 6) is 0.170. The summed E-state index contributed by atoms with van der Waals surface area (Å²) in [5.41, 5.74) is -4.30. The molecular formula is C15H16F3IN6O5. The van der Waals surface area contributed by atoms with Gasteiger partial charge in [-0.05, 0) is 6.42 Å². The Labute approximate surface area is 177 Å². The third-order valence-corrected chi connectivity index (χ3v) is 7.91. The third-order valence-electron chi connectivity index (χ3n) is 5.78. The first-order valence-corrected chi connectivity index (χ1v) is 10.9. The van der Waals surface area contributed by atoms with Gasteiger partial charge in [0.15, 0.2) is 29.2 Å². The largest absolute Gasteiger partial charge is 0.424 e. The molecule has 0 bridgehead atoms. The number of aliphatic hydroxyl groups is 3. The first-order chi connectivity index (χ1) is 14.1. The molecule has 1 amide bonds. The van der Waals surface area contributed by atoms with Crippen molar-refractivity contribution in [3.8, 4) is 0 Å². The number of rotatable bonds is 3. The smallest absolute Gasteiger partial charge is 0.394 e. The normalized spacial score (nSPS) is 37.5. The van der Waals surface area contributed by atoms with Gasteiger partial charge in [-0.2, -0.15) is 16.3 Å². The van der Waals surface area contributed by atoms with Crippen LogP contribution in [0.4, 0.5) is 30.5 Å². The van der Waals surface area contributed by atoms with Crippen LogP contribution in [0.1, 0.15) is 12.8 Å². The summed E-state index contributed by atoms with van der Waals surface area (Å²) in [6, 6.07) is 0. The number of halogens is 4. The summed E-state index contributed by atoms with van der Waals surface area (Å²) >= 11 is -1.53. The number of ether oxygens (including phenoxy) is 1. The predicted molar refractivity (Wildman–Crippen MR) is 101 cm³/mol. The minimum atomic E-state index is -5.24. The van der Waals surface area contributed by atoms with Gasteiger partial charge in [0.2, 0.25) is 5.60 Å². The number of carbonyl (C=O) groups is 1. The van der Waals surface area contributed by atoms with Gasteiger partial charge in [0.05, 0.1) is 6.61 Å². The molecule has 0 aliphatic carbocycles. The number of nitrogens with one attached hydrogen (secondary N) is 1. The SMILES string of the molecule is O=C1NC12CCCN2c1ncnc2c1N=IN2C1OC(CO)C(O)[C@]1(O)C(F)(F)F. The summed E-state index contributed by atoms with van der Waals surface area (Å²) in [4.78, 5) is 21.9. The number of carbonyl (C=O) groups excluding carboxylic acids is 1. The van der Waals surface area contributed by atoms with Gasteiger partial charge in [0.25, 0.3) is 5.91 Å². The standard InChI is InChI=1S/C15H16F3IN6O5/c16-15(17,18)14(29)8(27)6(4-26)30-12(14)25-10-7(23-19-25)9(20-5-21-10)24-3-1-2-13(24)11(28)22-13/h5-6,8,12,26-27,29H,1-4H2,(H,22,28)/t6?,8?,12?,13?,14-/m1/s1. The molecule has 1 aromatic heterocycles. The molecular weight excluding hydrogens is 528 g/mol. The van der Waals surface area contributed by atoms with Crippen molar-refractivity contribution in [1.82, 2.24) is 15.3 Å². The summed E-state index contributed by atoms with van der Waals surface area (Å²) in [6.07, 6.45) is -8.87. The van der Waals surface area contributed by atoms with Crippen LogP contribution >= 0.6 is 21.3 Å². The van der Waals surface area contributed by atoms with E-state index >= 15 is 0 Å². The molecule has 5 heterocycles. The molecule has 4 aliphatic rings. The summed E-state index contributed by atoms with van der Waals surface area (Å²) in [5, 5.41) is 32.6. The average molecular weight is 544 g/mol. The Hall–Kier alpha value is -1.69. The van der Waals surface area contributed by atoms with E-state index in [1.807, 2.05) is 0 Å². The first kappa shape index (κ1) is 20.2. The second-order valence-corrected chi connectivity index (χ2v) is 9.34. The molecule has 164 valence electrons. The maximum absolute atomic E-state index is 13.8. The van der Waals surface area contributed by atoms with E-state index in [2.05, 4.69) is 18.4 Å². The van der Waals surface area contributed by atoms with Gasteiger partial charge < -0.3 is 30.3 Å². The lowest BCUT2D eigenvalue weighted by atomic mass is 9.93. The van der Waals surface area contributed by atoms with Crippen LogP contribution in [-0.2, 0) is 9.53 Å². The van der Waals surface area contributed by atoms with E-state index in [9.17, 15) is 33.3 Å². The number of hydrogen-bond donors (Lipinski definition) is 4. The number of nitrogens with zero attached hydrogens (tertiary/aromatic N) is 5. The van der Waals surface area contributed by atoms with Crippen molar-refractivity contribution in [2.75, 3.05) is 21.2 Å². The van der Waals surface area contributed by atoms with Crippen LogP contribution < -0.4 is 13.3 Å². The lowest BCUT2D eigenvalue weighted by molar-refractivity contribution is -0.291. The monoisotopic (exact) mass is 544 g/mol. The van der Waals surface area contributed by atoms with Gasteiger partial charge in [-0.25, -0.2) is 9.97 Å². The van der Waals surface area contributed by atoms with Crippen molar-refractivity contribution in [2.45, 2.75) is 48.7 Å². The van der Waals surface area contributed by atoms with E-state index in [0.717, 1.165) is 15.9 Å². The molecule has 0 saturated carbocycles. The molecule has 11 nitrogen and oxygen atoms in total. The maximum atomic E-state index is 13.8. The van der Waals surface area contributed by atoms with E-state index in [4.69, 9.17) is 4.74 Å². The summed E-state index contributed by atoms with van der Waals surface area (Å²) in [6.45, 7) is -0.404. The highest BCUT2D eigenvalue weighted by Crippen LogP contribution is 2.54. The quantitative estimate of drug-likeness (QED) is 0.230. The summed E-state index contributed by atoms with van der Waals surface area (Å²) < 4.78 is 51.9. The van der Waals surface area contributed by atoms with Crippen molar-refractivity contribution in [3.63, 3.8) is 0 Å². The fourth-order valence-corrected chi connectivity index (χ4v) is 6.35. The Balaban J connectivity index is 1.54. The van der Waals surface area contributed by atoms with Gasteiger partial charge in [-0.1, -0.05) is 0 Å². The molecule has 4 aliphatic heterocycles. The fourth-order valence-electron chi connectivity index (χ4n) is 4.13. The Morgan fingerprint density at radius 2 is 2.07 bits per heavy atom. The molecule has 4 N–H and O–H groups in total. The maximum Gasteiger partial charge on any atom is 0.424 e. The van der Waals surface area contributed by atoms with Crippen molar-refractivity contribution < 1.29 is 38.0 Å². The Bertz CT molecular complexity index is 952. The van der Waals surface area contributed by atoms with Crippen molar-refractivity contribution >= 4 is 44.5 Å². The van der Waals surface area contributed by atoms with Gasteiger partial charge in [0, 0.05) is 13.0 Å². The Morgan fingerprint density at radius 1 is 1.37 bits per heavy atom. The Morgan fingerprint density at radius 3 is 2.70 bits per heavy atom. The number of aliphatic hydroxyl groups excluding tert-OH is 2. The van der Waals surface area contributed by atoms with E-state index in [-0.39, 0.29) is 17.4 Å². The first-order valence-electron chi connectivity index (χ1n) is 8.98. The van der Waals surface area contributed by atoms with Gasteiger partial charge >= 0.3 is 6.18 Å². The van der Waals surface area contributed by atoms with Crippen LogP contribution in [0.3, 0.4) is 0 Å². The molecule has 3 fully saturated rings. The fraction of sp³-hybridized carbons (Fsp3) is 0.667. The summed E-state index contributed by atoms with van der Waals surface area (Å²) in [7, 11) is 0. The second-order valence-electron chi connectivity index (χ2n) is 7.39. The zero-order valence-electron chi connectivity index (χ0n) is 15.0. The highest BCUT2D eigenvalue weighted by molar-refractivity contribution is 14.2. The topological polar surface area (TPSA) is 154 Å². The number of anilines is 2. The van der Waals surface area contributed by atoms with Crippen molar-refractivity contribution in [2.24, 2.45) is 3.15 Å². The second kappa shape index (κ2) is 6.41. The highest BCUT2D eigenvalue weighted by atomic mass is 127. The molecule has 3 saturated heterocycles. The molecule has 1 aromatic rings. The van der Waals surface area contributed by atoms with Crippen LogP contribution in [0, 0.1) is 0 Å². The molecule has 0 aromatic carbocycles. The van der Waals surface area contributed by atoms with E-state index in [1.54, 1.807) is 4.90 Å². The lowest BCUT2D eigenvalue weighted by Crippen LogP contribution is -2.62. The van der Waals surface area contributed by atoms with Crippen LogP contribution in [0.2, 0.25) is 0 Å². The molecule has 5 rings (SSSR count). The number of amides is 1. The molecule has 15 heteroatoms. The molecule has 30 heavy (non-hydrogen) atoms. The van der Waals surface area contributed by atoms with E-state index < -0.39 is 63.8 Å². The highest BCUT2D eigenvalue weighted by Gasteiger charge is 2.72. The lowest BCUT2D eigenvalue weighted by Gasteiger charge is -2.36. The number of alkyl halides is 3. The Kier molecular flexibility index (Phi) is 4.32. The van der Waals surface area contributed by atoms with Gasteiger partial charge in [0.1, 0.15) is 39.8 Å². The third kappa shape index (κ3) is 2.49.